The zero-order valence-electron chi connectivity index (χ0n) is 20.6. The predicted octanol–water partition coefficient (Wildman–Crippen LogP) is 3.48. The van der Waals surface area contributed by atoms with E-state index in [4.69, 9.17) is 14.6 Å². The van der Waals surface area contributed by atoms with Gasteiger partial charge in [0.2, 0.25) is 0 Å². The van der Waals surface area contributed by atoms with Crippen LogP contribution in [0.2, 0.25) is 0 Å². The van der Waals surface area contributed by atoms with Gasteiger partial charge in [-0.05, 0) is 43.3 Å². The van der Waals surface area contributed by atoms with Crippen LogP contribution in [0.15, 0.2) is 71.9 Å². The summed E-state index contributed by atoms with van der Waals surface area (Å²) >= 11 is 0. The molecule has 5 rings (SSSR count). The van der Waals surface area contributed by atoms with Crippen molar-refractivity contribution >= 4 is 32.0 Å². The van der Waals surface area contributed by atoms with Crippen LogP contribution in [0.1, 0.15) is 5.56 Å². The van der Waals surface area contributed by atoms with Crippen molar-refractivity contribution in [3.63, 3.8) is 0 Å². The molecule has 2 aromatic carbocycles. The van der Waals surface area contributed by atoms with Crippen LogP contribution < -0.4 is 9.47 Å². The smallest absolute Gasteiger partial charge is 0.269 e. The first kappa shape index (κ1) is 24.8. The van der Waals surface area contributed by atoms with Gasteiger partial charge in [-0.1, -0.05) is 17.7 Å². The highest BCUT2D eigenvalue weighted by molar-refractivity contribution is 7.90. The minimum atomic E-state index is -4.00. The SMILES string of the molecule is COc1cc2c(cc1OC[C@@H](O)CO)c(-c1cc3cccnc3n1S(=O)(=O)c1ccc(C)cc1)cn2C. The number of nitrogens with zero attached hydrogens (tertiary/aromatic N) is 3. The van der Waals surface area contributed by atoms with E-state index in [-0.39, 0.29) is 11.5 Å². The molecule has 10 heteroatoms. The number of ether oxygens (including phenoxy) is 2. The fourth-order valence-electron chi connectivity index (χ4n) is 4.36. The van der Waals surface area contributed by atoms with E-state index >= 15 is 0 Å². The summed E-state index contributed by atoms with van der Waals surface area (Å²) in [6, 6.07) is 15.7. The van der Waals surface area contributed by atoms with Crippen LogP contribution in [0.25, 0.3) is 33.2 Å². The van der Waals surface area contributed by atoms with Crippen molar-refractivity contribution in [3.05, 3.63) is 72.6 Å². The second kappa shape index (κ2) is 9.55. The van der Waals surface area contributed by atoms with Crippen molar-refractivity contribution in [2.24, 2.45) is 7.05 Å². The summed E-state index contributed by atoms with van der Waals surface area (Å²) in [4.78, 5) is 4.57. The highest BCUT2D eigenvalue weighted by Gasteiger charge is 2.27. The number of fused-ring (bicyclic) bond motifs is 2. The third-order valence-corrected chi connectivity index (χ3v) is 7.99. The molecule has 0 aliphatic carbocycles. The number of methoxy groups -OCH3 is 1. The van der Waals surface area contributed by atoms with Crippen LogP contribution in [0.3, 0.4) is 0 Å². The number of rotatable bonds is 8. The number of pyridine rings is 1. The molecule has 0 aliphatic rings. The third kappa shape index (κ3) is 4.33. The number of aromatic nitrogens is 3. The molecule has 5 aromatic rings. The molecule has 0 bridgehead atoms. The Hall–Kier alpha value is -3.86. The van der Waals surface area contributed by atoms with Gasteiger partial charge < -0.3 is 24.3 Å². The highest BCUT2D eigenvalue weighted by atomic mass is 32.2. The van der Waals surface area contributed by atoms with Gasteiger partial charge in [0.25, 0.3) is 10.0 Å². The number of benzene rings is 2. The largest absolute Gasteiger partial charge is 0.493 e. The zero-order valence-corrected chi connectivity index (χ0v) is 21.4. The van der Waals surface area contributed by atoms with Gasteiger partial charge in [-0.25, -0.2) is 17.4 Å². The molecule has 0 aliphatic heterocycles. The maximum absolute atomic E-state index is 14.0. The summed E-state index contributed by atoms with van der Waals surface area (Å²) < 4.78 is 42.3. The van der Waals surface area contributed by atoms with Gasteiger partial charge in [-0.2, -0.15) is 0 Å². The molecule has 2 N–H and O–H groups in total. The van der Waals surface area contributed by atoms with E-state index < -0.39 is 22.7 Å². The van der Waals surface area contributed by atoms with Gasteiger partial charge in [0.05, 0.1) is 29.8 Å². The number of aryl methyl sites for hydroxylation is 2. The molecule has 3 heterocycles. The highest BCUT2D eigenvalue weighted by Crippen LogP contribution is 2.40. The van der Waals surface area contributed by atoms with Crippen molar-refractivity contribution in [3.8, 4) is 22.8 Å². The monoisotopic (exact) mass is 521 g/mol. The van der Waals surface area contributed by atoms with E-state index in [1.165, 1.54) is 11.1 Å². The first-order chi connectivity index (χ1) is 17.7. The average molecular weight is 522 g/mol. The molecule has 3 aromatic heterocycles. The summed E-state index contributed by atoms with van der Waals surface area (Å²) in [6.07, 6.45) is 2.37. The molecule has 0 saturated heterocycles. The van der Waals surface area contributed by atoms with Crippen molar-refractivity contribution in [1.82, 2.24) is 13.5 Å². The van der Waals surface area contributed by atoms with Gasteiger partial charge in [-0.15, -0.1) is 0 Å². The fourth-order valence-corrected chi connectivity index (χ4v) is 5.84. The van der Waals surface area contributed by atoms with E-state index in [2.05, 4.69) is 4.98 Å². The van der Waals surface area contributed by atoms with E-state index in [1.54, 1.807) is 48.7 Å². The first-order valence-corrected chi connectivity index (χ1v) is 13.1. The maximum Gasteiger partial charge on any atom is 0.269 e. The lowest BCUT2D eigenvalue weighted by Crippen LogP contribution is -2.21. The van der Waals surface area contributed by atoms with E-state index in [0.29, 0.717) is 33.8 Å². The molecule has 0 radical (unpaired) electrons. The normalized spacial score (nSPS) is 12.8. The Kier molecular flexibility index (Phi) is 6.40. The summed E-state index contributed by atoms with van der Waals surface area (Å²) in [7, 11) is -0.623. The molecule has 37 heavy (non-hydrogen) atoms. The maximum atomic E-state index is 14.0. The van der Waals surface area contributed by atoms with Crippen LogP contribution in [-0.4, -0.2) is 58.6 Å². The minimum Gasteiger partial charge on any atom is -0.493 e. The topological polar surface area (TPSA) is 116 Å². The van der Waals surface area contributed by atoms with Gasteiger partial charge in [0, 0.05) is 41.8 Å². The number of hydrogen-bond donors (Lipinski definition) is 2. The average Bonchev–Trinajstić information content (AvgIpc) is 3.44. The lowest BCUT2D eigenvalue weighted by Gasteiger charge is -2.14. The Morgan fingerprint density at radius 2 is 1.84 bits per heavy atom. The molecule has 192 valence electrons. The summed E-state index contributed by atoms with van der Waals surface area (Å²) in [5.74, 6) is 0.803. The van der Waals surface area contributed by atoms with Gasteiger partial charge in [-0.3, -0.25) is 0 Å². The minimum absolute atomic E-state index is 0.132. The van der Waals surface area contributed by atoms with Crippen LogP contribution in [0.5, 0.6) is 11.5 Å². The molecule has 0 fully saturated rings. The van der Waals surface area contributed by atoms with Crippen LogP contribution >= 0.6 is 0 Å². The first-order valence-electron chi connectivity index (χ1n) is 11.6. The zero-order chi connectivity index (χ0) is 26.3. The molecule has 0 saturated carbocycles. The molecule has 1 atom stereocenters. The molecular weight excluding hydrogens is 494 g/mol. The summed E-state index contributed by atoms with van der Waals surface area (Å²) in [5.41, 5.74) is 3.18. The molecule has 0 unspecified atom stereocenters. The van der Waals surface area contributed by atoms with Gasteiger partial charge >= 0.3 is 0 Å². The van der Waals surface area contributed by atoms with Crippen LogP contribution in [0.4, 0.5) is 0 Å². The second-order valence-electron chi connectivity index (χ2n) is 8.85. The Morgan fingerprint density at radius 1 is 1.08 bits per heavy atom. The Balaban J connectivity index is 1.76. The lowest BCUT2D eigenvalue weighted by atomic mass is 10.1. The number of hydrogen-bond acceptors (Lipinski definition) is 7. The lowest BCUT2D eigenvalue weighted by molar-refractivity contribution is 0.0528. The van der Waals surface area contributed by atoms with Crippen LogP contribution in [-0.2, 0) is 17.1 Å². The quantitative estimate of drug-likeness (QED) is 0.321. The molecule has 0 spiro atoms. The Labute approximate surface area is 214 Å². The molecular formula is C27H27N3O6S. The van der Waals surface area contributed by atoms with Crippen molar-refractivity contribution in [2.75, 3.05) is 20.3 Å². The molecule has 9 nitrogen and oxygen atoms in total. The Bertz CT molecular complexity index is 1700. The fraction of sp³-hybridized carbons (Fsp3) is 0.222. The van der Waals surface area contributed by atoms with E-state index in [1.807, 2.05) is 36.9 Å². The van der Waals surface area contributed by atoms with E-state index in [0.717, 1.165) is 16.5 Å². The standard InChI is InChI=1S/C27H27N3O6S/c1-17-6-8-20(9-7-17)37(33,34)30-24(11-18-5-4-10-28-27(18)30)22-14-29(2)23-13-25(35-3)26(12-21(22)23)36-16-19(32)15-31/h4-14,19,31-32H,15-16H2,1-3H3/t19-/m0/s1. The summed E-state index contributed by atoms with van der Waals surface area (Å²) in [5, 5.41) is 20.3. The van der Waals surface area contributed by atoms with Gasteiger partial charge in [0.1, 0.15) is 12.7 Å². The van der Waals surface area contributed by atoms with Crippen LogP contribution in [0, 0.1) is 6.92 Å². The second-order valence-corrected chi connectivity index (χ2v) is 10.6. The third-order valence-electron chi connectivity index (χ3n) is 6.27. The van der Waals surface area contributed by atoms with Crippen molar-refractivity contribution < 1.29 is 28.1 Å². The molecule has 0 amide bonds. The van der Waals surface area contributed by atoms with Crippen molar-refractivity contribution in [2.45, 2.75) is 17.9 Å². The Morgan fingerprint density at radius 3 is 2.54 bits per heavy atom. The van der Waals surface area contributed by atoms with Crippen molar-refractivity contribution in [1.29, 1.82) is 0 Å². The summed E-state index contributed by atoms with van der Waals surface area (Å²) in [6.45, 7) is 1.33. The number of aliphatic hydroxyl groups is 2. The van der Waals surface area contributed by atoms with Gasteiger partial charge in [0.15, 0.2) is 17.1 Å². The number of aliphatic hydroxyl groups excluding tert-OH is 2. The predicted molar refractivity (Wildman–Crippen MR) is 141 cm³/mol. The van der Waals surface area contributed by atoms with E-state index in [9.17, 15) is 13.5 Å².